The third kappa shape index (κ3) is 2.19. The van der Waals surface area contributed by atoms with Crippen molar-refractivity contribution >= 4 is 0 Å². The van der Waals surface area contributed by atoms with Gasteiger partial charge in [-0.3, -0.25) is 4.90 Å². The summed E-state index contributed by atoms with van der Waals surface area (Å²) in [6.07, 6.45) is 0.903. The Morgan fingerprint density at radius 1 is 1.20 bits per heavy atom. The monoisotopic (exact) mass is 221 g/mol. The first-order chi connectivity index (χ1) is 6.97. The summed E-state index contributed by atoms with van der Waals surface area (Å²) < 4.78 is 37.0. The standard InChI is InChI=1S/C9H14F3N3/c10-9(11,12)15-4-3-14(6-15)8-2-1-7(13)5-8/h3-4,7-8H,1-2,5-6,13H2/t7-,8?/m1/s1. The molecule has 1 saturated carbocycles. The number of hydrogen-bond acceptors (Lipinski definition) is 3. The van der Waals surface area contributed by atoms with Gasteiger partial charge < -0.3 is 10.6 Å². The first-order valence-corrected chi connectivity index (χ1v) is 5.00. The van der Waals surface area contributed by atoms with E-state index in [4.69, 9.17) is 5.73 Å². The van der Waals surface area contributed by atoms with E-state index < -0.39 is 6.30 Å². The lowest BCUT2D eigenvalue weighted by Crippen LogP contribution is -2.39. The lowest BCUT2D eigenvalue weighted by atomic mass is 10.2. The molecule has 0 bridgehead atoms. The minimum atomic E-state index is -4.27. The summed E-state index contributed by atoms with van der Waals surface area (Å²) in [6.45, 7) is -0.0963. The first-order valence-electron chi connectivity index (χ1n) is 5.00. The fourth-order valence-corrected chi connectivity index (χ4v) is 2.13. The van der Waals surface area contributed by atoms with Gasteiger partial charge >= 0.3 is 6.30 Å². The van der Waals surface area contributed by atoms with Crippen molar-refractivity contribution in [2.24, 2.45) is 5.73 Å². The topological polar surface area (TPSA) is 32.5 Å². The summed E-state index contributed by atoms with van der Waals surface area (Å²) in [7, 11) is 0. The predicted molar refractivity (Wildman–Crippen MR) is 49.4 cm³/mol. The number of nitrogens with two attached hydrogens (primary N) is 1. The fraction of sp³-hybridized carbons (Fsp3) is 0.778. The van der Waals surface area contributed by atoms with Gasteiger partial charge in [-0.05, 0) is 19.3 Å². The van der Waals surface area contributed by atoms with Crippen molar-refractivity contribution in [3.8, 4) is 0 Å². The molecule has 2 rings (SSSR count). The summed E-state index contributed by atoms with van der Waals surface area (Å²) in [6, 6.07) is 0.312. The van der Waals surface area contributed by atoms with Gasteiger partial charge in [0, 0.05) is 24.5 Å². The fourth-order valence-electron chi connectivity index (χ4n) is 2.13. The Bertz CT molecular complexity index is 264. The van der Waals surface area contributed by atoms with Crippen LogP contribution in [0.3, 0.4) is 0 Å². The maximum absolute atomic E-state index is 12.3. The second-order valence-electron chi connectivity index (χ2n) is 4.12. The van der Waals surface area contributed by atoms with Crippen LogP contribution < -0.4 is 5.73 Å². The molecule has 1 aliphatic heterocycles. The van der Waals surface area contributed by atoms with Crippen LogP contribution in [0.5, 0.6) is 0 Å². The molecule has 1 fully saturated rings. The molecule has 1 heterocycles. The number of nitrogens with zero attached hydrogens (tertiary/aromatic N) is 2. The van der Waals surface area contributed by atoms with Crippen LogP contribution in [-0.4, -0.2) is 34.9 Å². The molecule has 2 N–H and O–H groups in total. The van der Waals surface area contributed by atoms with E-state index in [0.717, 1.165) is 25.5 Å². The van der Waals surface area contributed by atoms with Gasteiger partial charge in [0.2, 0.25) is 0 Å². The molecule has 1 unspecified atom stereocenters. The van der Waals surface area contributed by atoms with Crippen LogP contribution in [0.15, 0.2) is 12.4 Å². The average Bonchev–Trinajstić information content (AvgIpc) is 2.69. The number of hydrogen-bond donors (Lipinski definition) is 1. The van der Waals surface area contributed by atoms with Gasteiger partial charge in [-0.2, -0.15) is 13.2 Å². The summed E-state index contributed by atoms with van der Waals surface area (Å²) in [5.41, 5.74) is 5.73. The molecule has 86 valence electrons. The molecule has 3 nitrogen and oxygen atoms in total. The molecule has 0 aromatic rings. The second-order valence-corrected chi connectivity index (χ2v) is 4.12. The van der Waals surface area contributed by atoms with E-state index in [1.165, 1.54) is 6.20 Å². The van der Waals surface area contributed by atoms with E-state index in [0.29, 0.717) is 4.90 Å². The Kier molecular flexibility index (Phi) is 2.54. The van der Waals surface area contributed by atoms with Crippen LogP contribution in [0.1, 0.15) is 19.3 Å². The van der Waals surface area contributed by atoms with E-state index in [-0.39, 0.29) is 18.8 Å². The van der Waals surface area contributed by atoms with Crippen molar-refractivity contribution in [2.75, 3.05) is 6.67 Å². The van der Waals surface area contributed by atoms with E-state index in [1.54, 1.807) is 4.90 Å². The van der Waals surface area contributed by atoms with E-state index >= 15 is 0 Å². The maximum Gasteiger partial charge on any atom is 0.485 e. The Morgan fingerprint density at radius 3 is 2.40 bits per heavy atom. The minimum absolute atomic E-state index is 0.0963. The molecule has 1 aliphatic carbocycles. The number of alkyl halides is 3. The zero-order valence-electron chi connectivity index (χ0n) is 8.24. The van der Waals surface area contributed by atoms with Gasteiger partial charge in [0.05, 0.1) is 6.67 Å². The van der Waals surface area contributed by atoms with Crippen LogP contribution in [0.25, 0.3) is 0 Å². The molecule has 0 aromatic heterocycles. The maximum atomic E-state index is 12.3. The highest BCUT2D eigenvalue weighted by molar-refractivity contribution is 4.97. The van der Waals surface area contributed by atoms with Crippen LogP contribution >= 0.6 is 0 Å². The highest BCUT2D eigenvalue weighted by atomic mass is 19.4. The molecular weight excluding hydrogens is 207 g/mol. The van der Waals surface area contributed by atoms with Crippen molar-refractivity contribution in [3.63, 3.8) is 0 Å². The second kappa shape index (κ2) is 3.59. The van der Waals surface area contributed by atoms with Crippen molar-refractivity contribution in [2.45, 2.75) is 37.6 Å². The largest absolute Gasteiger partial charge is 0.485 e. The Hall–Kier alpha value is -0.910. The Labute approximate surface area is 86.3 Å². The molecule has 0 radical (unpaired) electrons. The first kappa shape index (κ1) is 10.6. The summed E-state index contributed by atoms with van der Waals surface area (Å²) in [4.78, 5) is 2.11. The quantitative estimate of drug-likeness (QED) is 0.680. The molecule has 15 heavy (non-hydrogen) atoms. The van der Waals surface area contributed by atoms with E-state index in [9.17, 15) is 13.2 Å². The van der Waals surface area contributed by atoms with Gasteiger partial charge in [0.25, 0.3) is 0 Å². The average molecular weight is 221 g/mol. The summed E-state index contributed by atoms with van der Waals surface area (Å²) in [5, 5.41) is 0. The number of halogens is 3. The molecule has 0 spiro atoms. The highest BCUT2D eigenvalue weighted by Gasteiger charge is 2.39. The molecule has 2 aliphatic rings. The lowest BCUT2D eigenvalue weighted by Gasteiger charge is -2.27. The Balaban J connectivity index is 1.91. The smallest absolute Gasteiger partial charge is 0.355 e. The normalized spacial score (nSPS) is 31.7. The molecule has 2 atom stereocenters. The zero-order chi connectivity index (χ0) is 11.1. The third-order valence-electron chi connectivity index (χ3n) is 2.99. The lowest BCUT2D eigenvalue weighted by molar-refractivity contribution is -0.231. The molecule has 0 aromatic carbocycles. The SMILES string of the molecule is N[C@@H]1CCC(N2C=CN(C(F)(F)F)C2)C1. The molecule has 6 heteroatoms. The van der Waals surface area contributed by atoms with Gasteiger partial charge in [0.15, 0.2) is 0 Å². The van der Waals surface area contributed by atoms with Gasteiger partial charge in [-0.25, -0.2) is 0 Å². The third-order valence-corrected chi connectivity index (χ3v) is 2.99. The van der Waals surface area contributed by atoms with Crippen molar-refractivity contribution in [1.82, 2.24) is 9.80 Å². The van der Waals surface area contributed by atoms with Crippen molar-refractivity contribution in [3.05, 3.63) is 12.4 Å². The van der Waals surface area contributed by atoms with Crippen molar-refractivity contribution in [1.29, 1.82) is 0 Å². The summed E-state index contributed by atoms with van der Waals surface area (Å²) >= 11 is 0. The zero-order valence-corrected chi connectivity index (χ0v) is 8.24. The molecular formula is C9H14F3N3. The van der Waals surface area contributed by atoms with E-state index in [1.807, 2.05) is 0 Å². The Morgan fingerprint density at radius 2 is 1.93 bits per heavy atom. The number of rotatable bonds is 1. The summed E-state index contributed by atoms with van der Waals surface area (Å²) in [5.74, 6) is 0. The molecule has 0 saturated heterocycles. The van der Waals surface area contributed by atoms with Gasteiger partial charge in [0.1, 0.15) is 0 Å². The van der Waals surface area contributed by atoms with Crippen LogP contribution in [0.2, 0.25) is 0 Å². The highest BCUT2D eigenvalue weighted by Crippen LogP contribution is 2.30. The van der Waals surface area contributed by atoms with Gasteiger partial charge in [-0.1, -0.05) is 0 Å². The molecule has 0 amide bonds. The van der Waals surface area contributed by atoms with E-state index in [2.05, 4.69) is 0 Å². The minimum Gasteiger partial charge on any atom is -0.355 e. The van der Waals surface area contributed by atoms with Crippen LogP contribution in [-0.2, 0) is 0 Å². The van der Waals surface area contributed by atoms with Gasteiger partial charge in [-0.15, -0.1) is 0 Å². The van der Waals surface area contributed by atoms with Crippen LogP contribution in [0.4, 0.5) is 13.2 Å². The van der Waals surface area contributed by atoms with Crippen molar-refractivity contribution < 1.29 is 13.2 Å². The predicted octanol–water partition coefficient (Wildman–Crippen LogP) is 1.43. The van der Waals surface area contributed by atoms with Crippen LogP contribution in [0, 0.1) is 0 Å².